The number of carbonyl (C=O) groups excluding carboxylic acids is 1. The normalized spacial score (nSPS) is 14.3. The highest BCUT2D eigenvalue weighted by atomic mass is 16.6. The lowest BCUT2D eigenvalue weighted by Gasteiger charge is -2.27. The summed E-state index contributed by atoms with van der Waals surface area (Å²) in [4.78, 5) is 16.5. The van der Waals surface area contributed by atoms with Gasteiger partial charge in [0.1, 0.15) is 11.5 Å². The Bertz CT molecular complexity index is 886. The first kappa shape index (κ1) is 14.5. The number of aromatic hydroxyl groups is 1. The Labute approximate surface area is 136 Å². The number of benzene rings is 1. The lowest BCUT2D eigenvalue weighted by molar-refractivity contribution is 0.191. The van der Waals surface area contributed by atoms with E-state index in [9.17, 15) is 9.90 Å². The van der Waals surface area contributed by atoms with Crippen molar-refractivity contribution in [3.8, 4) is 22.8 Å². The summed E-state index contributed by atoms with van der Waals surface area (Å²) in [6, 6.07) is 8.41. The minimum absolute atomic E-state index is 0.0933. The fourth-order valence-corrected chi connectivity index (χ4v) is 2.45. The Kier molecular flexibility index (Phi) is 3.51. The van der Waals surface area contributed by atoms with Gasteiger partial charge >= 0.3 is 6.09 Å². The number of hydrogen-bond donors (Lipinski definition) is 4. The minimum Gasteiger partial charge on any atom is -0.508 e. The second kappa shape index (κ2) is 5.82. The lowest BCUT2D eigenvalue weighted by Crippen LogP contribution is -2.57. The number of rotatable bonds is 3. The molecule has 0 radical (unpaired) electrons. The molecule has 1 aliphatic heterocycles. The molecule has 24 heavy (non-hydrogen) atoms. The van der Waals surface area contributed by atoms with E-state index < -0.39 is 6.09 Å². The van der Waals surface area contributed by atoms with Crippen molar-refractivity contribution in [2.24, 2.45) is 0 Å². The van der Waals surface area contributed by atoms with Gasteiger partial charge in [-0.2, -0.15) is 5.10 Å². The Balaban J connectivity index is 1.66. The van der Waals surface area contributed by atoms with Crippen LogP contribution >= 0.6 is 0 Å². The standard InChI is InChI=1S/C16H15N5O3/c22-11-3-1-9(2-4-11)13-5-14(12-8-18-21-15(12)20-13)24-16(23)19-10-6-17-7-10/h1-5,8,10,17,22H,6-7H2,(H,19,23)(H,18,20,21). The Morgan fingerprint density at radius 2 is 2.08 bits per heavy atom. The van der Waals surface area contributed by atoms with Crippen LogP contribution in [0.25, 0.3) is 22.3 Å². The maximum absolute atomic E-state index is 12.0. The van der Waals surface area contributed by atoms with Crippen LogP contribution in [0.4, 0.5) is 4.79 Å². The Hall–Kier alpha value is -3.13. The van der Waals surface area contributed by atoms with Crippen molar-refractivity contribution in [3.63, 3.8) is 0 Å². The van der Waals surface area contributed by atoms with Crippen molar-refractivity contribution >= 4 is 17.1 Å². The number of nitrogens with one attached hydrogen (secondary N) is 3. The van der Waals surface area contributed by atoms with Gasteiger partial charge in [0.2, 0.25) is 0 Å². The van der Waals surface area contributed by atoms with Crippen molar-refractivity contribution in [3.05, 3.63) is 36.5 Å². The largest absolute Gasteiger partial charge is 0.508 e. The molecule has 1 saturated heterocycles. The molecule has 122 valence electrons. The highest BCUT2D eigenvalue weighted by Gasteiger charge is 2.21. The zero-order valence-corrected chi connectivity index (χ0v) is 12.6. The molecule has 4 N–H and O–H groups in total. The lowest BCUT2D eigenvalue weighted by atomic mass is 10.1. The molecule has 0 aliphatic carbocycles. The quantitative estimate of drug-likeness (QED) is 0.579. The summed E-state index contributed by atoms with van der Waals surface area (Å²) >= 11 is 0. The van der Waals surface area contributed by atoms with Crippen LogP contribution in [0.3, 0.4) is 0 Å². The van der Waals surface area contributed by atoms with Gasteiger partial charge in [0.25, 0.3) is 0 Å². The molecule has 0 saturated carbocycles. The molecule has 4 rings (SSSR count). The van der Waals surface area contributed by atoms with Gasteiger partial charge in [-0.25, -0.2) is 9.78 Å². The summed E-state index contributed by atoms with van der Waals surface area (Å²) in [6.45, 7) is 1.48. The van der Waals surface area contributed by atoms with Crippen molar-refractivity contribution in [2.45, 2.75) is 6.04 Å². The van der Waals surface area contributed by atoms with E-state index in [0.29, 0.717) is 22.5 Å². The molecule has 1 fully saturated rings. The number of amides is 1. The topological polar surface area (TPSA) is 112 Å². The van der Waals surface area contributed by atoms with Gasteiger partial charge in [-0.05, 0) is 24.3 Å². The minimum atomic E-state index is -0.508. The van der Waals surface area contributed by atoms with Crippen LogP contribution in [0.5, 0.6) is 11.5 Å². The third-order valence-electron chi connectivity index (χ3n) is 3.85. The number of fused-ring (bicyclic) bond motifs is 1. The van der Waals surface area contributed by atoms with Crippen LogP contribution in [0.15, 0.2) is 36.5 Å². The van der Waals surface area contributed by atoms with Gasteiger partial charge in [-0.3, -0.25) is 5.10 Å². The molecule has 8 nitrogen and oxygen atoms in total. The second-order valence-corrected chi connectivity index (χ2v) is 5.57. The zero-order valence-electron chi connectivity index (χ0n) is 12.6. The van der Waals surface area contributed by atoms with Crippen LogP contribution in [0.1, 0.15) is 0 Å². The van der Waals surface area contributed by atoms with E-state index in [-0.39, 0.29) is 11.8 Å². The molecular weight excluding hydrogens is 310 g/mol. The number of phenols is 1. The molecule has 8 heteroatoms. The molecule has 0 unspecified atom stereocenters. The van der Waals surface area contributed by atoms with Crippen LogP contribution < -0.4 is 15.4 Å². The highest BCUT2D eigenvalue weighted by molar-refractivity contribution is 5.87. The number of H-pyrrole nitrogens is 1. The molecule has 3 heterocycles. The number of ether oxygens (including phenoxy) is 1. The van der Waals surface area contributed by atoms with E-state index in [1.54, 1.807) is 36.5 Å². The summed E-state index contributed by atoms with van der Waals surface area (Å²) < 4.78 is 5.45. The summed E-state index contributed by atoms with van der Waals surface area (Å²) in [5.74, 6) is 0.549. The van der Waals surface area contributed by atoms with Gasteiger partial charge in [0.05, 0.1) is 23.3 Å². The third-order valence-corrected chi connectivity index (χ3v) is 3.85. The average molecular weight is 325 g/mol. The smallest absolute Gasteiger partial charge is 0.412 e. The fourth-order valence-electron chi connectivity index (χ4n) is 2.45. The number of carbonyl (C=O) groups is 1. The molecule has 1 aromatic carbocycles. The van der Waals surface area contributed by atoms with Crippen LogP contribution in [-0.2, 0) is 0 Å². The van der Waals surface area contributed by atoms with Gasteiger partial charge < -0.3 is 20.5 Å². The van der Waals surface area contributed by atoms with E-state index in [1.807, 2.05) is 0 Å². The fraction of sp³-hybridized carbons (Fsp3) is 0.188. The number of pyridine rings is 1. The summed E-state index contributed by atoms with van der Waals surface area (Å²) in [5.41, 5.74) is 1.92. The van der Waals surface area contributed by atoms with Crippen LogP contribution in [-0.4, -0.2) is 45.5 Å². The Morgan fingerprint density at radius 1 is 1.29 bits per heavy atom. The van der Waals surface area contributed by atoms with E-state index >= 15 is 0 Å². The average Bonchev–Trinajstić information content (AvgIpc) is 3.00. The Morgan fingerprint density at radius 3 is 2.79 bits per heavy atom. The molecule has 0 spiro atoms. The molecular formula is C16H15N5O3. The maximum Gasteiger partial charge on any atom is 0.412 e. The van der Waals surface area contributed by atoms with Crippen molar-refractivity contribution in [2.75, 3.05) is 13.1 Å². The van der Waals surface area contributed by atoms with E-state index in [1.165, 1.54) is 0 Å². The zero-order chi connectivity index (χ0) is 16.5. The van der Waals surface area contributed by atoms with Gasteiger partial charge in [-0.15, -0.1) is 0 Å². The first-order chi connectivity index (χ1) is 11.7. The predicted octanol–water partition coefficient (Wildman–Crippen LogP) is 1.39. The van der Waals surface area contributed by atoms with Crippen LogP contribution in [0.2, 0.25) is 0 Å². The van der Waals surface area contributed by atoms with Crippen molar-refractivity contribution < 1.29 is 14.6 Å². The number of nitrogens with zero attached hydrogens (tertiary/aromatic N) is 2. The van der Waals surface area contributed by atoms with E-state index in [4.69, 9.17) is 4.74 Å². The first-order valence-electron chi connectivity index (χ1n) is 7.51. The maximum atomic E-state index is 12.0. The van der Waals surface area contributed by atoms with Crippen LogP contribution in [0, 0.1) is 0 Å². The number of aromatic nitrogens is 3. The molecule has 2 aromatic heterocycles. The number of hydrogen-bond acceptors (Lipinski definition) is 6. The highest BCUT2D eigenvalue weighted by Crippen LogP contribution is 2.29. The molecule has 0 bridgehead atoms. The molecule has 0 atom stereocenters. The second-order valence-electron chi connectivity index (χ2n) is 5.57. The number of aromatic amines is 1. The third kappa shape index (κ3) is 2.74. The molecule has 1 amide bonds. The first-order valence-corrected chi connectivity index (χ1v) is 7.51. The summed E-state index contributed by atoms with van der Waals surface area (Å²) in [6.07, 6.45) is 1.06. The van der Waals surface area contributed by atoms with E-state index in [2.05, 4.69) is 25.8 Å². The number of phenolic OH excluding ortho intramolecular Hbond substituents is 1. The van der Waals surface area contributed by atoms with Crippen molar-refractivity contribution in [1.82, 2.24) is 25.8 Å². The predicted molar refractivity (Wildman–Crippen MR) is 86.8 cm³/mol. The SMILES string of the molecule is O=C(NC1CNC1)Oc1cc(-c2ccc(O)cc2)nc2[nH]ncc12. The summed E-state index contributed by atoms with van der Waals surface area (Å²) in [5, 5.41) is 22.6. The molecule has 1 aliphatic rings. The monoisotopic (exact) mass is 325 g/mol. The van der Waals surface area contributed by atoms with E-state index in [0.717, 1.165) is 18.7 Å². The summed E-state index contributed by atoms with van der Waals surface area (Å²) in [7, 11) is 0. The molecule has 3 aromatic rings. The van der Waals surface area contributed by atoms with Gasteiger partial charge in [-0.1, -0.05) is 0 Å². The van der Waals surface area contributed by atoms with Crippen molar-refractivity contribution in [1.29, 1.82) is 0 Å². The van der Waals surface area contributed by atoms with Gasteiger partial charge in [0.15, 0.2) is 5.65 Å². The van der Waals surface area contributed by atoms with Gasteiger partial charge in [0, 0.05) is 24.7 Å².